The smallest absolute Gasteiger partial charge is 0.172 e. The van der Waals surface area contributed by atoms with Gasteiger partial charge in [0, 0.05) is 11.8 Å². The van der Waals surface area contributed by atoms with Crippen LogP contribution in [0.5, 0.6) is 0 Å². The molecule has 2 aliphatic heterocycles. The summed E-state index contributed by atoms with van der Waals surface area (Å²) in [6.07, 6.45) is 2.02. The molecule has 2 aliphatic rings. The zero-order chi connectivity index (χ0) is 13.1. The molecule has 3 unspecified atom stereocenters. The summed E-state index contributed by atoms with van der Waals surface area (Å²) in [5.41, 5.74) is -0.120. The highest BCUT2D eigenvalue weighted by atomic mass is 16.6. The highest BCUT2D eigenvalue weighted by molar-refractivity contribution is 5.80. The Morgan fingerprint density at radius 2 is 2.06 bits per heavy atom. The minimum atomic E-state index is -1.21. The molecular weight excluding hydrogens is 216 g/mol. The molecule has 3 atom stereocenters. The number of carbonyl (C=O) groups excluding carboxylic acids is 1. The summed E-state index contributed by atoms with van der Waals surface area (Å²) in [6.45, 7) is 11.5. The number of carbonyl (C=O) groups is 1. The minimum Gasteiger partial charge on any atom is -0.365 e. The SMILES string of the molecule is C=C1CCC(C)(C)C2(O)CC(C(C)=O)C1(C)O2. The Balaban J connectivity index is 2.50. The third kappa shape index (κ3) is 1.59. The summed E-state index contributed by atoms with van der Waals surface area (Å²) in [6, 6.07) is 0. The zero-order valence-electron chi connectivity index (χ0n) is 11.2. The molecule has 0 saturated carbocycles. The maximum atomic E-state index is 11.8. The average Bonchev–Trinajstić information content (AvgIpc) is 2.47. The number of hydrogen-bond donors (Lipinski definition) is 1. The van der Waals surface area contributed by atoms with Crippen LogP contribution in [0.2, 0.25) is 0 Å². The van der Waals surface area contributed by atoms with Crippen molar-refractivity contribution in [3.8, 4) is 0 Å². The van der Waals surface area contributed by atoms with Crippen LogP contribution >= 0.6 is 0 Å². The Hall–Kier alpha value is -0.670. The first-order valence-corrected chi connectivity index (χ1v) is 6.24. The van der Waals surface area contributed by atoms with Crippen molar-refractivity contribution in [1.29, 1.82) is 0 Å². The Morgan fingerprint density at radius 1 is 1.47 bits per heavy atom. The predicted octanol–water partition coefficient (Wildman–Crippen LogP) is 2.44. The minimum absolute atomic E-state index is 0.0716. The molecule has 0 radical (unpaired) electrons. The topological polar surface area (TPSA) is 46.5 Å². The monoisotopic (exact) mass is 238 g/mol. The number of aliphatic hydroxyl groups is 1. The number of rotatable bonds is 1. The van der Waals surface area contributed by atoms with E-state index >= 15 is 0 Å². The van der Waals surface area contributed by atoms with Crippen LogP contribution in [0, 0.1) is 11.3 Å². The first kappa shape index (κ1) is 12.8. The van der Waals surface area contributed by atoms with Crippen molar-refractivity contribution in [2.75, 3.05) is 0 Å². The maximum Gasteiger partial charge on any atom is 0.172 e. The van der Waals surface area contributed by atoms with Crippen molar-refractivity contribution in [2.24, 2.45) is 11.3 Å². The number of ether oxygens (including phenoxy) is 1. The quantitative estimate of drug-likeness (QED) is 0.714. The lowest BCUT2D eigenvalue weighted by atomic mass is 9.69. The Morgan fingerprint density at radius 3 is 2.59 bits per heavy atom. The van der Waals surface area contributed by atoms with E-state index in [9.17, 15) is 9.90 Å². The Kier molecular flexibility index (Phi) is 2.57. The number of ketones is 1. The molecule has 1 N–H and O–H groups in total. The molecule has 2 fully saturated rings. The fourth-order valence-electron chi connectivity index (χ4n) is 3.11. The Labute approximate surface area is 103 Å². The lowest BCUT2D eigenvalue weighted by Crippen LogP contribution is -2.44. The standard InChI is InChI=1S/C14H22O3/c1-9-6-7-12(3,4)14(16)8-11(10(2)15)13(9,5)17-14/h11,16H,1,6-8H2,2-5H3. The molecule has 0 aromatic rings. The van der Waals surface area contributed by atoms with E-state index in [4.69, 9.17) is 4.74 Å². The molecule has 3 nitrogen and oxygen atoms in total. The predicted molar refractivity (Wildman–Crippen MR) is 65.4 cm³/mol. The maximum absolute atomic E-state index is 11.8. The number of fused-ring (bicyclic) bond motifs is 2. The van der Waals surface area contributed by atoms with Gasteiger partial charge in [-0.25, -0.2) is 0 Å². The molecule has 0 aromatic heterocycles. The van der Waals surface area contributed by atoms with Gasteiger partial charge in [0.25, 0.3) is 0 Å². The second kappa shape index (κ2) is 3.42. The van der Waals surface area contributed by atoms with Gasteiger partial charge in [-0.3, -0.25) is 4.79 Å². The van der Waals surface area contributed by atoms with Gasteiger partial charge in [-0.1, -0.05) is 20.4 Å². The lowest BCUT2D eigenvalue weighted by molar-refractivity contribution is -0.262. The fourth-order valence-corrected chi connectivity index (χ4v) is 3.11. The van der Waals surface area contributed by atoms with Gasteiger partial charge in [0.15, 0.2) is 5.79 Å². The second-order valence-electron chi connectivity index (χ2n) is 6.35. The van der Waals surface area contributed by atoms with Crippen molar-refractivity contribution in [3.05, 3.63) is 12.2 Å². The van der Waals surface area contributed by atoms with E-state index < -0.39 is 11.4 Å². The van der Waals surface area contributed by atoms with Crippen LogP contribution in [0.15, 0.2) is 12.2 Å². The second-order valence-corrected chi connectivity index (χ2v) is 6.35. The van der Waals surface area contributed by atoms with E-state index in [0.29, 0.717) is 6.42 Å². The third-order valence-corrected chi connectivity index (χ3v) is 4.83. The zero-order valence-corrected chi connectivity index (χ0v) is 11.2. The van der Waals surface area contributed by atoms with Crippen LogP contribution in [-0.2, 0) is 9.53 Å². The first-order chi connectivity index (χ1) is 7.62. The van der Waals surface area contributed by atoms with E-state index in [1.165, 1.54) is 0 Å². The van der Waals surface area contributed by atoms with Gasteiger partial charge in [0.2, 0.25) is 0 Å². The molecule has 2 rings (SSSR count). The summed E-state index contributed by atoms with van der Waals surface area (Å²) in [7, 11) is 0. The van der Waals surface area contributed by atoms with Crippen LogP contribution in [0.1, 0.15) is 47.0 Å². The summed E-state index contributed by atoms with van der Waals surface area (Å²) >= 11 is 0. The summed E-state index contributed by atoms with van der Waals surface area (Å²) < 4.78 is 5.93. The third-order valence-electron chi connectivity index (χ3n) is 4.83. The molecule has 2 bridgehead atoms. The van der Waals surface area contributed by atoms with E-state index in [1.807, 2.05) is 20.8 Å². The highest BCUT2D eigenvalue weighted by Crippen LogP contribution is 2.57. The lowest BCUT2D eigenvalue weighted by Gasteiger charge is -2.38. The summed E-state index contributed by atoms with van der Waals surface area (Å²) in [4.78, 5) is 11.8. The summed E-state index contributed by atoms with van der Waals surface area (Å²) in [5.74, 6) is -1.42. The van der Waals surface area contributed by atoms with Crippen LogP contribution in [0.3, 0.4) is 0 Å². The molecule has 0 spiro atoms. The first-order valence-electron chi connectivity index (χ1n) is 6.24. The van der Waals surface area contributed by atoms with Crippen molar-refractivity contribution >= 4 is 5.78 Å². The molecule has 96 valence electrons. The molecule has 0 aliphatic carbocycles. The molecule has 2 saturated heterocycles. The number of Topliss-reactive ketones (excluding diaryl/α,β-unsaturated/α-hetero) is 1. The average molecular weight is 238 g/mol. The molecular formula is C14H22O3. The molecule has 0 amide bonds. The van der Waals surface area contributed by atoms with Gasteiger partial charge >= 0.3 is 0 Å². The molecule has 17 heavy (non-hydrogen) atoms. The van der Waals surface area contributed by atoms with Crippen molar-refractivity contribution < 1.29 is 14.6 Å². The van der Waals surface area contributed by atoms with Crippen LogP contribution in [0.25, 0.3) is 0 Å². The van der Waals surface area contributed by atoms with Gasteiger partial charge in [0.1, 0.15) is 5.78 Å². The van der Waals surface area contributed by atoms with Gasteiger partial charge in [0.05, 0.1) is 11.5 Å². The van der Waals surface area contributed by atoms with Crippen LogP contribution < -0.4 is 0 Å². The van der Waals surface area contributed by atoms with Gasteiger partial charge < -0.3 is 9.84 Å². The Bertz CT molecular complexity index is 385. The largest absolute Gasteiger partial charge is 0.365 e. The van der Waals surface area contributed by atoms with Crippen molar-refractivity contribution in [3.63, 3.8) is 0 Å². The van der Waals surface area contributed by atoms with Gasteiger partial charge in [-0.2, -0.15) is 0 Å². The van der Waals surface area contributed by atoms with E-state index in [-0.39, 0.29) is 17.1 Å². The van der Waals surface area contributed by atoms with Gasteiger partial charge in [-0.15, -0.1) is 0 Å². The number of hydrogen-bond acceptors (Lipinski definition) is 3. The molecule has 3 heteroatoms. The van der Waals surface area contributed by atoms with Crippen LogP contribution in [0.4, 0.5) is 0 Å². The highest BCUT2D eigenvalue weighted by Gasteiger charge is 2.62. The van der Waals surface area contributed by atoms with Crippen molar-refractivity contribution in [1.82, 2.24) is 0 Å². The van der Waals surface area contributed by atoms with E-state index in [0.717, 1.165) is 18.4 Å². The van der Waals surface area contributed by atoms with E-state index in [1.54, 1.807) is 6.92 Å². The fraction of sp³-hybridized carbons (Fsp3) is 0.786. The summed E-state index contributed by atoms with van der Waals surface area (Å²) in [5, 5.41) is 10.7. The van der Waals surface area contributed by atoms with E-state index in [2.05, 4.69) is 6.58 Å². The van der Waals surface area contributed by atoms with Gasteiger partial charge in [-0.05, 0) is 32.3 Å². The molecule has 2 heterocycles. The van der Waals surface area contributed by atoms with Crippen molar-refractivity contribution in [2.45, 2.75) is 58.3 Å². The normalized spacial score (nSPS) is 44.5. The van der Waals surface area contributed by atoms with Crippen LogP contribution in [-0.4, -0.2) is 22.3 Å². The molecule has 0 aromatic carbocycles.